The van der Waals surface area contributed by atoms with E-state index in [1.807, 2.05) is 13.8 Å². The van der Waals surface area contributed by atoms with Crippen molar-refractivity contribution in [1.82, 2.24) is 10.5 Å². The minimum atomic E-state index is -0.0558. The zero-order valence-electron chi connectivity index (χ0n) is 10.6. The van der Waals surface area contributed by atoms with Crippen LogP contribution in [0.15, 0.2) is 4.52 Å². The van der Waals surface area contributed by atoms with Gasteiger partial charge in [-0.3, -0.25) is 4.79 Å². The largest absolute Gasteiger partial charge is 0.396 e. The summed E-state index contributed by atoms with van der Waals surface area (Å²) < 4.78 is 5.00. The second-order valence-electron chi connectivity index (χ2n) is 4.16. The van der Waals surface area contributed by atoms with Crippen LogP contribution in [0.2, 0.25) is 0 Å². The van der Waals surface area contributed by atoms with Gasteiger partial charge in [-0.2, -0.15) is 0 Å². The molecule has 0 fully saturated rings. The summed E-state index contributed by atoms with van der Waals surface area (Å²) in [6.45, 7) is 5.69. The lowest BCUT2D eigenvalue weighted by Gasteiger charge is -2.15. The summed E-state index contributed by atoms with van der Waals surface area (Å²) in [6.07, 6.45) is 1.68. The van der Waals surface area contributed by atoms with Crippen LogP contribution in [-0.2, 0) is 11.2 Å². The predicted octanol–water partition coefficient (Wildman–Crippen LogP) is 1.11. The Morgan fingerprint density at radius 2 is 2.24 bits per heavy atom. The number of rotatable bonds is 6. The van der Waals surface area contributed by atoms with Crippen molar-refractivity contribution in [3.63, 3.8) is 0 Å². The number of hydrogen-bond acceptors (Lipinski definition) is 4. The van der Waals surface area contributed by atoms with Crippen LogP contribution in [0, 0.1) is 13.8 Å². The molecule has 0 spiro atoms. The SMILES string of the molecule is CCC(CCO)NC(=O)Cc1c(C)noc1C. The van der Waals surface area contributed by atoms with E-state index in [0.29, 0.717) is 12.2 Å². The monoisotopic (exact) mass is 240 g/mol. The molecule has 0 radical (unpaired) electrons. The van der Waals surface area contributed by atoms with Gasteiger partial charge in [-0.25, -0.2) is 0 Å². The number of aryl methyl sites for hydroxylation is 2. The zero-order chi connectivity index (χ0) is 12.8. The lowest BCUT2D eigenvalue weighted by molar-refractivity contribution is -0.121. The van der Waals surface area contributed by atoms with E-state index >= 15 is 0 Å². The number of carbonyl (C=O) groups excluding carboxylic acids is 1. The van der Waals surface area contributed by atoms with Gasteiger partial charge in [0, 0.05) is 18.2 Å². The molecule has 5 heteroatoms. The van der Waals surface area contributed by atoms with E-state index in [-0.39, 0.29) is 25.0 Å². The van der Waals surface area contributed by atoms with Crippen molar-refractivity contribution in [2.45, 2.75) is 46.1 Å². The molecule has 1 rings (SSSR count). The number of nitrogens with zero attached hydrogens (tertiary/aromatic N) is 1. The minimum Gasteiger partial charge on any atom is -0.396 e. The second-order valence-corrected chi connectivity index (χ2v) is 4.16. The molecule has 0 saturated carbocycles. The summed E-state index contributed by atoms with van der Waals surface area (Å²) in [5.41, 5.74) is 1.61. The van der Waals surface area contributed by atoms with Crippen molar-refractivity contribution in [2.75, 3.05) is 6.61 Å². The molecule has 0 aliphatic carbocycles. The molecular weight excluding hydrogens is 220 g/mol. The molecule has 1 amide bonds. The van der Waals surface area contributed by atoms with E-state index in [2.05, 4.69) is 10.5 Å². The van der Waals surface area contributed by atoms with Gasteiger partial charge >= 0.3 is 0 Å². The molecule has 1 aromatic rings. The third-order valence-electron chi connectivity index (χ3n) is 2.85. The standard InChI is InChI=1S/C12H20N2O3/c1-4-10(5-6-15)13-12(16)7-11-8(2)14-17-9(11)3/h10,15H,4-7H2,1-3H3,(H,13,16). The highest BCUT2D eigenvalue weighted by atomic mass is 16.5. The predicted molar refractivity (Wildman–Crippen MR) is 63.6 cm³/mol. The van der Waals surface area contributed by atoms with E-state index in [9.17, 15) is 4.79 Å². The van der Waals surface area contributed by atoms with Crippen molar-refractivity contribution in [2.24, 2.45) is 0 Å². The lowest BCUT2D eigenvalue weighted by atomic mass is 10.1. The molecule has 0 aliphatic heterocycles. The Balaban J connectivity index is 2.55. The normalized spacial score (nSPS) is 12.5. The van der Waals surface area contributed by atoms with Gasteiger partial charge in [0.25, 0.3) is 0 Å². The Bertz CT molecular complexity index is 354. The quantitative estimate of drug-likeness (QED) is 0.781. The van der Waals surface area contributed by atoms with Crippen LogP contribution in [0.3, 0.4) is 0 Å². The average molecular weight is 240 g/mol. The first-order valence-electron chi connectivity index (χ1n) is 5.90. The van der Waals surface area contributed by atoms with Gasteiger partial charge in [-0.15, -0.1) is 0 Å². The molecule has 1 atom stereocenters. The highest BCUT2D eigenvalue weighted by molar-refractivity contribution is 5.79. The van der Waals surface area contributed by atoms with Gasteiger partial charge < -0.3 is 14.9 Å². The van der Waals surface area contributed by atoms with Gasteiger partial charge in [0.15, 0.2) is 0 Å². The number of amides is 1. The topological polar surface area (TPSA) is 75.4 Å². The van der Waals surface area contributed by atoms with Crippen molar-refractivity contribution in [3.05, 3.63) is 17.0 Å². The van der Waals surface area contributed by atoms with Crippen LogP contribution in [0.4, 0.5) is 0 Å². The summed E-state index contributed by atoms with van der Waals surface area (Å²) in [4.78, 5) is 11.8. The maximum atomic E-state index is 11.8. The Morgan fingerprint density at radius 1 is 1.53 bits per heavy atom. The lowest BCUT2D eigenvalue weighted by Crippen LogP contribution is -2.36. The summed E-state index contributed by atoms with van der Waals surface area (Å²) >= 11 is 0. The summed E-state index contributed by atoms with van der Waals surface area (Å²) in [5, 5.41) is 15.6. The third kappa shape index (κ3) is 3.85. The molecule has 0 saturated heterocycles. The highest BCUT2D eigenvalue weighted by Crippen LogP contribution is 2.12. The molecule has 96 valence electrons. The fourth-order valence-corrected chi connectivity index (χ4v) is 1.73. The maximum Gasteiger partial charge on any atom is 0.224 e. The van der Waals surface area contributed by atoms with Crippen molar-refractivity contribution in [1.29, 1.82) is 0 Å². The minimum absolute atomic E-state index is 0.0352. The van der Waals surface area contributed by atoms with E-state index in [0.717, 1.165) is 17.7 Å². The van der Waals surface area contributed by atoms with E-state index in [4.69, 9.17) is 9.63 Å². The Hall–Kier alpha value is -1.36. The molecule has 0 bridgehead atoms. The molecule has 1 heterocycles. The molecule has 1 aromatic heterocycles. The van der Waals surface area contributed by atoms with Gasteiger partial charge in [0.1, 0.15) is 5.76 Å². The molecule has 0 aliphatic rings. The van der Waals surface area contributed by atoms with Crippen molar-refractivity contribution >= 4 is 5.91 Å². The first-order chi connectivity index (χ1) is 8.08. The maximum absolute atomic E-state index is 11.8. The number of carbonyl (C=O) groups is 1. The first-order valence-corrected chi connectivity index (χ1v) is 5.90. The Morgan fingerprint density at radius 3 is 2.71 bits per heavy atom. The number of aliphatic hydroxyl groups is 1. The molecule has 0 aromatic carbocycles. The number of nitrogens with one attached hydrogen (secondary N) is 1. The molecule has 2 N–H and O–H groups in total. The summed E-state index contributed by atoms with van der Waals surface area (Å²) in [6, 6.07) is 0.0352. The van der Waals surface area contributed by atoms with Gasteiger partial charge in [-0.05, 0) is 26.7 Å². The van der Waals surface area contributed by atoms with E-state index in [1.54, 1.807) is 6.92 Å². The van der Waals surface area contributed by atoms with Crippen molar-refractivity contribution < 1.29 is 14.4 Å². The van der Waals surface area contributed by atoms with Gasteiger partial charge in [-0.1, -0.05) is 12.1 Å². The fourth-order valence-electron chi connectivity index (χ4n) is 1.73. The van der Waals surface area contributed by atoms with Crippen LogP contribution >= 0.6 is 0 Å². The molecule has 1 unspecified atom stereocenters. The fraction of sp³-hybridized carbons (Fsp3) is 0.667. The van der Waals surface area contributed by atoms with E-state index < -0.39 is 0 Å². The smallest absolute Gasteiger partial charge is 0.224 e. The van der Waals surface area contributed by atoms with Gasteiger partial charge in [0.05, 0.1) is 12.1 Å². The Kier molecular flexibility index (Phi) is 5.15. The third-order valence-corrected chi connectivity index (χ3v) is 2.85. The second kappa shape index (κ2) is 6.39. The summed E-state index contributed by atoms with van der Waals surface area (Å²) in [7, 11) is 0. The first kappa shape index (κ1) is 13.7. The Labute approximate surface area is 101 Å². The number of hydrogen-bond donors (Lipinski definition) is 2. The summed E-state index contributed by atoms with van der Waals surface area (Å²) in [5.74, 6) is 0.632. The van der Waals surface area contributed by atoms with Crippen LogP contribution in [-0.4, -0.2) is 28.8 Å². The highest BCUT2D eigenvalue weighted by Gasteiger charge is 2.15. The van der Waals surface area contributed by atoms with Crippen LogP contribution in [0.1, 0.15) is 36.8 Å². The average Bonchev–Trinajstić information content (AvgIpc) is 2.60. The van der Waals surface area contributed by atoms with E-state index in [1.165, 1.54) is 0 Å². The number of aromatic nitrogens is 1. The van der Waals surface area contributed by atoms with Crippen LogP contribution < -0.4 is 5.32 Å². The molecule has 17 heavy (non-hydrogen) atoms. The number of aliphatic hydroxyl groups excluding tert-OH is 1. The molecule has 5 nitrogen and oxygen atoms in total. The van der Waals surface area contributed by atoms with Crippen LogP contribution in [0.5, 0.6) is 0 Å². The van der Waals surface area contributed by atoms with Crippen LogP contribution in [0.25, 0.3) is 0 Å². The zero-order valence-corrected chi connectivity index (χ0v) is 10.6. The van der Waals surface area contributed by atoms with Gasteiger partial charge in [0.2, 0.25) is 5.91 Å². The molecular formula is C12H20N2O3. The van der Waals surface area contributed by atoms with Crippen molar-refractivity contribution in [3.8, 4) is 0 Å².